The number of aryl methyl sites for hydroxylation is 1. The Morgan fingerprint density at radius 1 is 1.22 bits per heavy atom. The monoisotopic (exact) mass is 244 g/mol. The Balaban J connectivity index is 2.59. The quantitative estimate of drug-likeness (QED) is 0.657. The average Bonchev–Trinajstić information content (AvgIpc) is 2.43. The minimum Gasteiger partial charge on any atom is -0.295 e. The molecule has 0 fully saturated rings. The minimum atomic E-state index is -0.682. The summed E-state index contributed by atoms with van der Waals surface area (Å²) in [7, 11) is 0. The third kappa shape index (κ3) is 2.36. The molecule has 0 aliphatic heterocycles. The SMILES string of the molecule is CCCCc1ccc2ccccc2c1C(=O)OO. The summed E-state index contributed by atoms with van der Waals surface area (Å²) in [6.45, 7) is 2.10. The van der Waals surface area contributed by atoms with Crippen LogP contribution in [0.3, 0.4) is 0 Å². The number of fused-ring (bicyclic) bond motifs is 1. The van der Waals surface area contributed by atoms with E-state index in [4.69, 9.17) is 5.26 Å². The lowest BCUT2D eigenvalue weighted by Gasteiger charge is -2.10. The molecule has 1 N–H and O–H groups in total. The Kier molecular flexibility index (Phi) is 3.95. The van der Waals surface area contributed by atoms with Crippen LogP contribution in [0.2, 0.25) is 0 Å². The van der Waals surface area contributed by atoms with Gasteiger partial charge in [0.2, 0.25) is 0 Å². The summed E-state index contributed by atoms with van der Waals surface area (Å²) in [4.78, 5) is 15.7. The van der Waals surface area contributed by atoms with E-state index in [1.54, 1.807) is 0 Å². The largest absolute Gasteiger partial charge is 0.373 e. The van der Waals surface area contributed by atoms with Crippen LogP contribution in [0.15, 0.2) is 36.4 Å². The van der Waals surface area contributed by atoms with Crippen molar-refractivity contribution in [2.24, 2.45) is 0 Å². The molecule has 0 aromatic heterocycles. The van der Waals surface area contributed by atoms with Gasteiger partial charge in [0.05, 0.1) is 5.56 Å². The molecule has 0 aliphatic rings. The van der Waals surface area contributed by atoms with Crippen LogP contribution in [-0.4, -0.2) is 11.2 Å². The molecule has 3 nitrogen and oxygen atoms in total. The first-order chi connectivity index (χ1) is 8.77. The van der Waals surface area contributed by atoms with Crippen molar-refractivity contribution in [2.45, 2.75) is 26.2 Å². The number of rotatable bonds is 4. The van der Waals surface area contributed by atoms with Crippen molar-refractivity contribution in [3.05, 3.63) is 47.5 Å². The lowest BCUT2D eigenvalue weighted by molar-refractivity contribution is -0.182. The number of benzene rings is 2. The Morgan fingerprint density at radius 2 is 2.00 bits per heavy atom. The first-order valence-corrected chi connectivity index (χ1v) is 6.14. The van der Waals surface area contributed by atoms with Crippen molar-refractivity contribution in [1.82, 2.24) is 0 Å². The van der Waals surface area contributed by atoms with E-state index >= 15 is 0 Å². The van der Waals surface area contributed by atoms with E-state index in [-0.39, 0.29) is 0 Å². The van der Waals surface area contributed by atoms with Crippen molar-refractivity contribution in [3.8, 4) is 0 Å². The maximum absolute atomic E-state index is 11.7. The van der Waals surface area contributed by atoms with Crippen LogP contribution in [0, 0.1) is 0 Å². The fourth-order valence-electron chi connectivity index (χ4n) is 2.18. The standard InChI is InChI=1S/C15H16O3/c1-2-3-6-12-10-9-11-7-4-5-8-13(11)14(12)15(16)18-17/h4-5,7-10,17H,2-3,6H2,1H3. The Morgan fingerprint density at radius 3 is 2.72 bits per heavy atom. The lowest BCUT2D eigenvalue weighted by atomic mass is 9.96. The van der Waals surface area contributed by atoms with Gasteiger partial charge >= 0.3 is 5.97 Å². The van der Waals surface area contributed by atoms with E-state index in [1.807, 2.05) is 36.4 Å². The molecular weight excluding hydrogens is 228 g/mol. The number of hydrogen-bond acceptors (Lipinski definition) is 3. The van der Waals surface area contributed by atoms with Crippen LogP contribution >= 0.6 is 0 Å². The average molecular weight is 244 g/mol. The van der Waals surface area contributed by atoms with Gasteiger partial charge in [0.1, 0.15) is 0 Å². The normalized spacial score (nSPS) is 10.6. The van der Waals surface area contributed by atoms with E-state index < -0.39 is 5.97 Å². The molecule has 2 aromatic carbocycles. The molecular formula is C15H16O3. The van der Waals surface area contributed by atoms with E-state index in [9.17, 15) is 4.79 Å². The van der Waals surface area contributed by atoms with Crippen LogP contribution in [0.25, 0.3) is 10.8 Å². The van der Waals surface area contributed by atoms with Crippen LogP contribution < -0.4 is 0 Å². The molecule has 3 heteroatoms. The summed E-state index contributed by atoms with van der Waals surface area (Å²) >= 11 is 0. The fraction of sp³-hybridized carbons (Fsp3) is 0.267. The topological polar surface area (TPSA) is 46.5 Å². The van der Waals surface area contributed by atoms with E-state index in [0.29, 0.717) is 5.56 Å². The van der Waals surface area contributed by atoms with Crippen molar-refractivity contribution in [1.29, 1.82) is 0 Å². The van der Waals surface area contributed by atoms with Gasteiger partial charge in [-0.05, 0) is 29.2 Å². The van der Waals surface area contributed by atoms with E-state index in [0.717, 1.165) is 35.6 Å². The van der Waals surface area contributed by atoms with Gasteiger partial charge in [0.25, 0.3) is 0 Å². The summed E-state index contributed by atoms with van der Waals surface area (Å²) in [5.74, 6) is -0.682. The van der Waals surface area contributed by atoms with Gasteiger partial charge in [-0.3, -0.25) is 4.89 Å². The second-order valence-corrected chi connectivity index (χ2v) is 4.30. The molecule has 0 saturated heterocycles. The molecule has 0 heterocycles. The smallest absolute Gasteiger partial charge is 0.295 e. The van der Waals surface area contributed by atoms with Crippen LogP contribution in [0.4, 0.5) is 0 Å². The van der Waals surface area contributed by atoms with Gasteiger partial charge in [-0.25, -0.2) is 4.79 Å². The zero-order valence-electron chi connectivity index (χ0n) is 10.3. The Hall–Kier alpha value is -1.87. The van der Waals surface area contributed by atoms with Gasteiger partial charge in [-0.2, -0.15) is 5.26 Å². The van der Waals surface area contributed by atoms with Gasteiger partial charge in [-0.15, -0.1) is 0 Å². The molecule has 0 bridgehead atoms. The number of carbonyl (C=O) groups excluding carboxylic acids is 1. The maximum atomic E-state index is 11.7. The third-order valence-electron chi connectivity index (χ3n) is 3.10. The summed E-state index contributed by atoms with van der Waals surface area (Å²) in [5.41, 5.74) is 1.40. The highest BCUT2D eigenvalue weighted by Crippen LogP contribution is 2.24. The highest BCUT2D eigenvalue weighted by Gasteiger charge is 2.16. The predicted octanol–water partition coefficient (Wildman–Crippen LogP) is 3.81. The second kappa shape index (κ2) is 5.65. The molecule has 0 radical (unpaired) electrons. The molecule has 94 valence electrons. The molecule has 0 aliphatic carbocycles. The molecule has 0 unspecified atom stereocenters. The summed E-state index contributed by atoms with van der Waals surface area (Å²) < 4.78 is 0. The van der Waals surface area contributed by atoms with Crippen LogP contribution in [0.1, 0.15) is 35.7 Å². The highest BCUT2D eigenvalue weighted by molar-refractivity contribution is 6.05. The predicted molar refractivity (Wildman–Crippen MR) is 70.6 cm³/mol. The highest BCUT2D eigenvalue weighted by atomic mass is 17.1. The Bertz CT molecular complexity index is 561. The molecule has 0 spiro atoms. The number of hydrogen-bond donors (Lipinski definition) is 1. The second-order valence-electron chi connectivity index (χ2n) is 4.30. The molecule has 0 saturated carbocycles. The number of carbonyl (C=O) groups is 1. The fourth-order valence-corrected chi connectivity index (χ4v) is 2.18. The zero-order chi connectivity index (χ0) is 13.0. The minimum absolute atomic E-state index is 0.476. The van der Waals surface area contributed by atoms with Crippen LogP contribution in [0.5, 0.6) is 0 Å². The molecule has 0 atom stereocenters. The molecule has 2 rings (SSSR count). The summed E-state index contributed by atoms with van der Waals surface area (Å²) in [6.07, 6.45) is 2.87. The lowest BCUT2D eigenvalue weighted by Crippen LogP contribution is -2.07. The van der Waals surface area contributed by atoms with Crippen LogP contribution in [-0.2, 0) is 11.3 Å². The van der Waals surface area contributed by atoms with Crippen molar-refractivity contribution < 1.29 is 14.9 Å². The summed E-state index contributed by atoms with van der Waals surface area (Å²) in [6, 6.07) is 11.5. The van der Waals surface area contributed by atoms with E-state index in [2.05, 4.69) is 11.8 Å². The maximum Gasteiger partial charge on any atom is 0.373 e. The third-order valence-corrected chi connectivity index (χ3v) is 3.10. The Labute approximate surface area is 106 Å². The molecule has 18 heavy (non-hydrogen) atoms. The molecule has 0 amide bonds. The van der Waals surface area contributed by atoms with Crippen molar-refractivity contribution in [3.63, 3.8) is 0 Å². The summed E-state index contributed by atoms with van der Waals surface area (Å²) in [5, 5.41) is 10.4. The molecule has 2 aromatic rings. The van der Waals surface area contributed by atoms with E-state index in [1.165, 1.54) is 0 Å². The van der Waals surface area contributed by atoms with Gasteiger partial charge in [0, 0.05) is 0 Å². The number of unbranched alkanes of at least 4 members (excludes halogenated alkanes) is 1. The van der Waals surface area contributed by atoms with Crippen molar-refractivity contribution in [2.75, 3.05) is 0 Å². The van der Waals surface area contributed by atoms with Gasteiger partial charge < -0.3 is 0 Å². The van der Waals surface area contributed by atoms with Crippen molar-refractivity contribution >= 4 is 16.7 Å². The zero-order valence-corrected chi connectivity index (χ0v) is 10.3. The van der Waals surface area contributed by atoms with Gasteiger partial charge in [-0.1, -0.05) is 49.7 Å². The van der Waals surface area contributed by atoms with Gasteiger partial charge in [0.15, 0.2) is 0 Å². The first kappa shape index (κ1) is 12.6. The first-order valence-electron chi connectivity index (χ1n) is 6.14.